The van der Waals surface area contributed by atoms with Crippen LogP contribution in [0, 0.1) is 0 Å². The number of esters is 1. The molecule has 0 aromatic heterocycles. The van der Waals surface area contributed by atoms with Crippen molar-refractivity contribution in [2.75, 3.05) is 33.5 Å². The molecule has 17 heavy (non-hydrogen) atoms. The van der Waals surface area contributed by atoms with Crippen molar-refractivity contribution in [2.45, 2.75) is 5.25 Å². The second kappa shape index (κ2) is 9.50. The third-order valence-electron chi connectivity index (χ3n) is 1.30. The predicted octanol–water partition coefficient (Wildman–Crippen LogP) is -0.343. The molecular weight excluding hydrogens is 266 g/mol. The minimum absolute atomic E-state index is 0.0469. The summed E-state index contributed by atoms with van der Waals surface area (Å²) in [6, 6.07) is 0. The number of hydrogen-bond donors (Lipinski definition) is 0. The fourth-order valence-electron chi connectivity index (χ4n) is 0.612. The fourth-order valence-corrected chi connectivity index (χ4v) is 0.852. The molecule has 0 unspecified atom stereocenters. The first-order chi connectivity index (χ1) is 8.04. The summed E-state index contributed by atoms with van der Waals surface area (Å²) in [5.74, 6) is -1.85. The topological polar surface area (TPSA) is 86.3 Å². The van der Waals surface area contributed by atoms with Gasteiger partial charge in [-0.2, -0.15) is 13.1 Å². The van der Waals surface area contributed by atoms with Crippen LogP contribution in [0.2, 0.25) is 0 Å². The van der Waals surface area contributed by atoms with E-state index in [0.717, 1.165) is 0 Å². The zero-order valence-electron chi connectivity index (χ0n) is 8.85. The standard InChI is InChI=1S/C7H12F2O7S/c1-12-2-3-13-4-5-14-6(10)7(8,9)17-16-15-11/h11H,2-5H2,1H3/p-1. The number of ether oxygens (including phenoxy) is 3. The number of carbonyl (C=O) groups excluding carboxylic acids is 1. The lowest BCUT2D eigenvalue weighted by Gasteiger charge is -2.13. The van der Waals surface area contributed by atoms with Gasteiger partial charge in [0.25, 0.3) is 0 Å². The minimum atomic E-state index is -4.02. The van der Waals surface area contributed by atoms with Crippen LogP contribution < -0.4 is 5.26 Å². The van der Waals surface area contributed by atoms with E-state index in [0.29, 0.717) is 6.61 Å². The molecule has 0 aromatic carbocycles. The lowest BCUT2D eigenvalue weighted by Crippen LogP contribution is -2.29. The Morgan fingerprint density at radius 1 is 1.29 bits per heavy atom. The molecule has 0 atom stereocenters. The van der Waals surface area contributed by atoms with Crippen LogP contribution in [0.3, 0.4) is 0 Å². The van der Waals surface area contributed by atoms with Gasteiger partial charge in [0.1, 0.15) is 18.6 Å². The van der Waals surface area contributed by atoms with Crippen LogP contribution in [0.25, 0.3) is 0 Å². The highest BCUT2D eigenvalue weighted by atomic mass is 32.2. The van der Waals surface area contributed by atoms with Gasteiger partial charge in [0, 0.05) is 7.11 Å². The Hall–Kier alpha value is -0.520. The van der Waals surface area contributed by atoms with Gasteiger partial charge in [-0.15, -0.1) is 0 Å². The average Bonchev–Trinajstić information content (AvgIpc) is 2.30. The lowest BCUT2D eigenvalue weighted by atomic mass is 10.6. The Bertz CT molecular complexity index is 216. The Labute approximate surface area is 100.0 Å². The van der Waals surface area contributed by atoms with Gasteiger partial charge < -0.3 is 19.5 Å². The summed E-state index contributed by atoms with van der Waals surface area (Å²) in [5, 5.41) is 7.97. The molecule has 0 saturated carbocycles. The summed E-state index contributed by atoms with van der Waals surface area (Å²) in [5.41, 5.74) is 0. The highest BCUT2D eigenvalue weighted by Crippen LogP contribution is 2.30. The minimum Gasteiger partial charge on any atom is -0.691 e. The van der Waals surface area contributed by atoms with Gasteiger partial charge in [0.05, 0.1) is 19.8 Å². The quantitative estimate of drug-likeness (QED) is 0.176. The van der Waals surface area contributed by atoms with Gasteiger partial charge in [0.15, 0.2) is 0 Å². The Kier molecular flexibility index (Phi) is 9.21. The van der Waals surface area contributed by atoms with E-state index < -0.39 is 23.3 Å². The second-order valence-electron chi connectivity index (χ2n) is 2.48. The Morgan fingerprint density at radius 2 is 1.94 bits per heavy atom. The van der Waals surface area contributed by atoms with Crippen molar-refractivity contribution in [3.8, 4) is 0 Å². The van der Waals surface area contributed by atoms with Crippen molar-refractivity contribution < 1.29 is 42.4 Å². The molecule has 0 aliphatic rings. The second-order valence-corrected chi connectivity index (χ2v) is 3.29. The van der Waals surface area contributed by atoms with E-state index in [-0.39, 0.29) is 19.8 Å². The summed E-state index contributed by atoms with van der Waals surface area (Å²) in [4.78, 5) is 10.7. The van der Waals surface area contributed by atoms with Crippen molar-refractivity contribution >= 4 is 18.0 Å². The first kappa shape index (κ1) is 16.5. The molecule has 0 saturated heterocycles. The highest BCUT2D eigenvalue weighted by Gasteiger charge is 2.43. The number of rotatable bonds is 10. The lowest BCUT2D eigenvalue weighted by molar-refractivity contribution is -0.777. The highest BCUT2D eigenvalue weighted by molar-refractivity contribution is 7.96. The molecule has 0 rings (SSSR count). The van der Waals surface area contributed by atoms with E-state index >= 15 is 0 Å². The number of methoxy groups -OCH3 is 1. The summed E-state index contributed by atoms with van der Waals surface area (Å²) in [7, 11) is 1.47. The largest absolute Gasteiger partial charge is 0.691 e. The molecule has 10 heteroatoms. The molecule has 0 aliphatic carbocycles. The molecular formula is C7H11F2O7S-. The SMILES string of the molecule is COCCOCCOC(=O)C(F)(F)SOO[O-]. The summed E-state index contributed by atoms with van der Waals surface area (Å²) in [6.07, 6.45) is 0. The smallest absolute Gasteiger partial charge is 0.415 e. The Morgan fingerprint density at radius 3 is 2.53 bits per heavy atom. The van der Waals surface area contributed by atoms with Gasteiger partial charge in [0.2, 0.25) is 0 Å². The van der Waals surface area contributed by atoms with Gasteiger partial charge >= 0.3 is 11.2 Å². The van der Waals surface area contributed by atoms with Gasteiger partial charge in [-0.05, 0) is 0 Å². The van der Waals surface area contributed by atoms with Crippen molar-refractivity contribution in [1.29, 1.82) is 0 Å². The van der Waals surface area contributed by atoms with Gasteiger partial charge in [-0.3, -0.25) is 5.04 Å². The molecule has 0 aliphatic heterocycles. The van der Waals surface area contributed by atoms with Crippen LogP contribution in [0.1, 0.15) is 0 Å². The number of carbonyl (C=O) groups is 1. The van der Waals surface area contributed by atoms with Gasteiger partial charge in [-0.1, -0.05) is 0 Å². The van der Waals surface area contributed by atoms with E-state index in [1.165, 1.54) is 7.11 Å². The zero-order valence-corrected chi connectivity index (χ0v) is 9.67. The molecule has 0 spiro atoms. The molecule has 0 N–H and O–H groups in total. The first-order valence-electron chi connectivity index (χ1n) is 4.30. The van der Waals surface area contributed by atoms with Crippen molar-refractivity contribution in [1.82, 2.24) is 0 Å². The van der Waals surface area contributed by atoms with Crippen LogP contribution in [0.15, 0.2) is 0 Å². The third kappa shape index (κ3) is 8.24. The maximum absolute atomic E-state index is 12.7. The number of halogens is 2. The van der Waals surface area contributed by atoms with Crippen LogP contribution in [0.4, 0.5) is 8.78 Å². The zero-order chi connectivity index (χ0) is 13.1. The fraction of sp³-hybridized carbons (Fsp3) is 0.857. The first-order valence-corrected chi connectivity index (χ1v) is 5.04. The molecule has 0 heterocycles. The molecule has 102 valence electrons. The van der Waals surface area contributed by atoms with E-state index in [1.807, 2.05) is 0 Å². The van der Waals surface area contributed by atoms with E-state index in [9.17, 15) is 18.8 Å². The van der Waals surface area contributed by atoms with Crippen LogP contribution in [-0.2, 0) is 28.4 Å². The molecule has 0 aromatic rings. The average molecular weight is 277 g/mol. The monoisotopic (exact) mass is 277 g/mol. The summed E-state index contributed by atoms with van der Waals surface area (Å²) < 4.78 is 42.5. The van der Waals surface area contributed by atoms with Crippen LogP contribution in [-0.4, -0.2) is 44.8 Å². The maximum Gasteiger partial charge on any atom is 0.415 e. The molecule has 0 amide bonds. The van der Waals surface area contributed by atoms with E-state index in [1.54, 1.807) is 0 Å². The molecule has 0 radical (unpaired) electrons. The Balaban J connectivity index is 3.62. The van der Waals surface area contributed by atoms with E-state index in [2.05, 4.69) is 18.8 Å². The van der Waals surface area contributed by atoms with Crippen molar-refractivity contribution in [3.05, 3.63) is 0 Å². The van der Waals surface area contributed by atoms with Crippen molar-refractivity contribution in [3.63, 3.8) is 0 Å². The normalized spacial score (nSPS) is 11.5. The number of hydrogen-bond acceptors (Lipinski definition) is 8. The molecule has 0 bridgehead atoms. The van der Waals surface area contributed by atoms with Crippen LogP contribution in [0.5, 0.6) is 0 Å². The third-order valence-corrected chi connectivity index (χ3v) is 1.80. The summed E-state index contributed by atoms with van der Waals surface area (Å²) in [6.45, 7) is 0.201. The van der Waals surface area contributed by atoms with Gasteiger partial charge in [-0.25, -0.2) is 4.79 Å². The number of alkyl halides is 2. The van der Waals surface area contributed by atoms with E-state index in [4.69, 9.17) is 4.74 Å². The molecule has 0 fully saturated rings. The van der Waals surface area contributed by atoms with Crippen LogP contribution >= 0.6 is 12.0 Å². The molecule has 7 nitrogen and oxygen atoms in total. The summed E-state index contributed by atoms with van der Waals surface area (Å²) >= 11 is -0.745. The predicted molar refractivity (Wildman–Crippen MR) is 48.4 cm³/mol. The maximum atomic E-state index is 12.7. The van der Waals surface area contributed by atoms with Crippen molar-refractivity contribution in [2.24, 2.45) is 0 Å².